The zero-order chi connectivity index (χ0) is 18.4. The molecule has 0 bridgehead atoms. The Morgan fingerprint density at radius 1 is 1.38 bits per heavy atom. The average Bonchev–Trinajstić information content (AvgIpc) is 3.34. The van der Waals surface area contributed by atoms with Crippen molar-refractivity contribution >= 4 is 17.7 Å². The zero-order valence-electron chi connectivity index (χ0n) is 15.1. The van der Waals surface area contributed by atoms with Crippen molar-refractivity contribution in [2.45, 2.75) is 18.2 Å². The topological polar surface area (TPSA) is 76.8 Å². The number of rotatable bonds is 8. The van der Waals surface area contributed by atoms with Crippen molar-refractivity contribution in [1.29, 1.82) is 0 Å². The maximum absolute atomic E-state index is 11.5. The molecule has 0 radical (unpaired) electrons. The fraction of sp³-hybridized carbons (Fsp3) is 0.526. The molecule has 142 valence electrons. The van der Waals surface area contributed by atoms with Crippen molar-refractivity contribution < 1.29 is 14.3 Å². The number of thioether (sulfide) groups is 1. The molecule has 3 rings (SSSR count). The van der Waals surface area contributed by atoms with E-state index in [1.807, 2.05) is 18.3 Å². The fourth-order valence-corrected chi connectivity index (χ4v) is 4.24. The van der Waals surface area contributed by atoms with Crippen LogP contribution in [0.2, 0.25) is 0 Å². The fourth-order valence-electron chi connectivity index (χ4n) is 3.27. The molecule has 0 spiro atoms. The summed E-state index contributed by atoms with van der Waals surface area (Å²) in [6.45, 7) is 3.95. The van der Waals surface area contributed by atoms with Crippen LogP contribution in [0.3, 0.4) is 0 Å². The highest BCUT2D eigenvalue weighted by Gasteiger charge is 2.28. The highest BCUT2D eigenvalue weighted by atomic mass is 32.2. The van der Waals surface area contributed by atoms with E-state index in [4.69, 9.17) is 15.2 Å². The summed E-state index contributed by atoms with van der Waals surface area (Å²) < 4.78 is 10.7. The van der Waals surface area contributed by atoms with Gasteiger partial charge in [-0.25, -0.2) is 0 Å². The first-order chi connectivity index (χ1) is 12.7. The van der Waals surface area contributed by atoms with Crippen LogP contribution >= 0.6 is 11.8 Å². The van der Waals surface area contributed by atoms with Crippen LogP contribution in [0.1, 0.15) is 23.8 Å². The van der Waals surface area contributed by atoms with Crippen molar-refractivity contribution in [3.8, 4) is 5.75 Å². The Morgan fingerprint density at radius 3 is 2.88 bits per heavy atom. The summed E-state index contributed by atoms with van der Waals surface area (Å²) in [5.41, 5.74) is 6.88. The Bertz CT molecular complexity index is 635. The van der Waals surface area contributed by atoms with E-state index in [1.54, 1.807) is 11.8 Å². The highest BCUT2D eigenvalue weighted by molar-refractivity contribution is 8.03. The minimum Gasteiger partial charge on any atom is -0.494 e. The molecule has 1 fully saturated rings. The number of methoxy groups -OCH3 is 1. The van der Waals surface area contributed by atoms with Crippen LogP contribution in [0, 0.1) is 5.92 Å². The third kappa shape index (κ3) is 4.93. The number of nitrogens with two attached hydrogens (primary N) is 1. The SMILES string of the molecule is COC(=O)C1CCN(CCCOc2ccc(C3NC=C(CN)S3)cc2)C1. The summed E-state index contributed by atoms with van der Waals surface area (Å²) in [6.07, 6.45) is 3.82. The lowest BCUT2D eigenvalue weighted by molar-refractivity contribution is -0.144. The van der Waals surface area contributed by atoms with Gasteiger partial charge in [-0.2, -0.15) is 0 Å². The van der Waals surface area contributed by atoms with Crippen LogP contribution in [0.25, 0.3) is 0 Å². The van der Waals surface area contributed by atoms with E-state index in [-0.39, 0.29) is 17.3 Å². The first kappa shape index (κ1) is 19.1. The molecule has 1 aromatic rings. The van der Waals surface area contributed by atoms with Crippen LogP contribution in [0.15, 0.2) is 35.4 Å². The second-order valence-corrected chi connectivity index (χ2v) is 7.79. The van der Waals surface area contributed by atoms with Gasteiger partial charge in [0.25, 0.3) is 0 Å². The third-order valence-electron chi connectivity index (χ3n) is 4.74. The number of carbonyl (C=O) groups excluding carboxylic acids is 1. The molecular formula is C19H27N3O3S. The van der Waals surface area contributed by atoms with Gasteiger partial charge >= 0.3 is 5.97 Å². The van der Waals surface area contributed by atoms with Gasteiger partial charge in [0.1, 0.15) is 11.1 Å². The Labute approximate surface area is 159 Å². The van der Waals surface area contributed by atoms with E-state index >= 15 is 0 Å². The molecule has 2 heterocycles. The van der Waals surface area contributed by atoms with E-state index in [9.17, 15) is 4.79 Å². The second-order valence-electron chi connectivity index (χ2n) is 6.56. The smallest absolute Gasteiger partial charge is 0.310 e. The van der Waals surface area contributed by atoms with Crippen molar-refractivity contribution in [2.75, 3.05) is 39.9 Å². The molecule has 0 aliphatic carbocycles. The predicted molar refractivity (Wildman–Crippen MR) is 104 cm³/mol. The Balaban J connectivity index is 1.35. The number of hydrogen-bond donors (Lipinski definition) is 2. The summed E-state index contributed by atoms with van der Waals surface area (Å²) in [7, 11) is 1.46. The highest BCUT2D eigenvalue weighted by Crippen LogP contribution is 2.36. The van der Waals surface area contributed by atoms with E-state index in [1.165, 1.54) is 17.6 Å². The summed E-state index contributed by atoms with van der Waals surface area (Å²) in [4.78, 5) is 15.0. The second kappa shape index (κ2) is 9.30. The Hall–Kier alpha value is -1.70. The van der Waals surface area contributed by atoms with Gasteiger partial charge < -0.3 is 25.4 Å². The summed E-state index contributed by atoms with van der Waals surface area (Å²) >= 11 is 1.75. The molecule has 3 N–H and O–H groups in total. The predicted octanol–water partition coefficient (Wildman–Crippen LogP) is 2.09. The number of carbonyl (C=O) groups is 1. The van der Waals surface area contributed by atoms with Crippen LogP contribution in [-0.4, -0.2) is 50.8 Å². The maximum atomic E-state index is 11.5. The minimum atomic E-state index is -0.0902. The van der Waals surface area contributed by atoms with Crippen LogP contribution < -0.4 is 15.8 Å². The summed E-state index contributed by atoms with van der Waals surface area (Å²) in [5, 5.41) is 3.57. The number of benzene rings is 1. The molecule has 0 saturated carbocycles. The molecule has 2 atom stereocenters. The van der Waals surface area contributed by atoms with Gasteiger partial charge in [-0.1, -0.05) is 23.9 Å². The largest absolute Gasteiger partial charge is 0.494 e. The number of hydrogen-bond acceptors (Lipinski definition) is 7. The number of nitrogens with one attached hydrogen (secondary N) is 1. The quantitative estimate of drug-likeness (QED) is 0.531. The third-order valence-corrected chi connectivity index (χ3v) is 5.97. The van der Waals surface area contributed by atoms with Gasteiger partial charge in [0.05, 0.1) is 19.6 Å². The minimum absolute atomic E-state index is 0.0322. The van der Waals surface area contributed by atoms with Gasteiger partial charge in [0.2, 0.25) is 0 Å². The molecule has 6 nitrogen and oxygen atoms in total. The first-order valence-electron chi connectivity index (χ1n) is 9.04. The van der Waals surface area contributed by atoms with E-state index in [0.717, 1.165) is 38.2 Å². The van der Waals surface area contributed by atoms with Crippen LogP contribution in [-0.2, 0) is 9.53 Å². The molecule has 2 unspecified atom stereocenters. The van der Waals surface area contributed by atoms with Gasteiger partial charge in [-0.05, 0) is 37.1 Å². The van der Waals surface area contributed by atoms with Crippen LogP contribution in [0.5, 0.6) is 5.75 Å². The molecule has 0 amide bonds. The van der Waals surface area contributed by atoms with E-state index in [2.05, 4.69) is 22.3 Å². The monoisotopic (exact) mass is 377 g/mol. The van der Waals surface area contributed by atoms with E-state index in [0.29, 0.717) is 13.2 Å². The molecule has 7 heteroatoms. The van der Waals surface area contributed by atoms with Gasteiger partial charge in [-0.3, -0.25) is 4.79 Å². The van der Waals surface area contributed by atoms with Crippen LogP contribution in [0.4, 0.5) is 0 Å². The molecule has 1 saturated heterocycles. The van der Waals surface area contributed by atoms with Crippen molar-refractivity contribution in [1.82, 2.24) is 10.2 Å². The number of nitrogens with zero attached hydrogens (tertiary/aromatic N) is 1. The van der Waals surface area contributed by atoms with E-state index < -0.39 is 0 Å². The molecule has 26 heavy (non-hydrogen) atoms. The van der Waals surface area contributed by atoms with Crippen molar-refractivity contribution in [3.05, 3.63) is 40.9 Å². The summed E-state index contributed by atoms with van der Waals surface area (Å²) in [6, 6.07) is 8.21. The lowest BCUT2D eigenvalue weighted by Crippen LogP contribution is -2.25. The van der Waals surface area contributed by atoms with Crippen molar-refractivity contribution in [3.63, 3.8) is 0 Å². The number of esters is 1. The van der Waals surface area contributed by atoms with Gasteiger partial charge in [0, 0.05) is 30.7 Å². The maximum Gasteiger partial charge on any atom is 0.310 e. The first-order valence-corrected chi connectivity index (χ1v) is 9.92. The molecule has 2 aliphatic rings. The van der Waals surface area contributed by atoms with Crippen molar-refractivity contribution in [2.24, 2.45) is 11.7 Å². The molecule has 0 aromatic heterocycles. The number of ether oxygens (including phenoxy) is 2. The van der Waals surface area contributed by atoms with Gasteiger partial charge in [-0.15, -0.1) is 0 Å². The summed E-state index contributed by atoms with van der Waals surface area (Å²) in [5.74, 6) is 0.829. The lowest BCUT2D eigenvalue weighted by Gasteiger charge is -2.16. The zero-order valence-corrected chi connectivity index (χ0v) is 16.0. The number of likely N-dealkylation sites (tertiary alicyclic amines) is 1. The molecular weight excluding hydrogens is 350 g/mol. The average molecular weight is 378 g/mol. The lowest BCUT2D eigenvalue weighted by atomic mass is 10.1. The molecule has 2 aliphatic heterocycles. The normalized spacial score (nSPS) is 22.8. The Kier molecular flexibility index (Phi) is 6.82. The van der Waals surface area contributed by atoms with Gasteiger partial charge in [0.15, 0.2) is 0 Å². The molecule has 1 aromatic carbocycles. The Morgan fingerprint density at radius 2 is 2.19 bits per heavy atom. The standard InChI is InChI=1S/C19H27N3O3S/c1-24-19(23)15-7-9-22(13-15)8-2-10-25-16-5-3-14(4-6-16)18-21-12-17(11-20)26-18/h3-6,12,15,18,21H,2,7-11,13,20H2,1H3.